The van der Waals surface area contributed by atoms with Crippen LogP contribution in [0.1, 0.15) is 17.5 Å². The van der Waals surface area contributed by atoms with Crippen molar-refractivity contribution in [3.8, 4) is 0 Å². The standard InChI is InChI=1S/C13H12Cl2N2O5/c14-8-2-5(1-6(13(21)22)3-9(19)20)7(4-18)10-11(8)16-17-12(10)15/h2,6,18H,1,3-4H2,(H,16,17)(H,19,20)(H,21,22). The predicted octanol–water partition coefficient (Wildman–Crippen LogP) is 2.08. The summed E-state index contributed by atoms with van der Waals surface area (Å²) in [5.74, 6) is -3.59. The van der Waals surface area contributed by atoms with Crippen LogP contribution in [0.25, 0.3) is 10.9 Å². The van der Waals surface area contributed by atoms with Crippen LogP contribution >= 0.6 is 23.2 Å². The van der Waals surface area contributed by atoms with Gasteiger partial charge in [-0.3, -0.25) is 14.7 Å². The Morgan fingerprint density at radius 2 is 2.00 bits per heavy atom. The molecular weight excluding hydrogens is 335 g/mol. The van der Waals surface area contributed by atoms with Crippen LogP contribution in [0.2, 0.25) is 10.2 Å². The number of carbonyl (C=O) groups is 2. The van der Waals surface area contributed by atoms with E-state index in [1.807, 2.05) is 0 Å². The summed E-state index contributed by atoms with van der Waals surface area (Å²) >= 11 is 12.1. The molecule has 2 rings (SSSR count). The lowest BCUT2D eigenvalue weighted by Gasteiger charge is -2.14. The van der Waals surface area contributed by atoms with Gasteiger partial charge in [0.15, 0.2) is 0 Å². The number of aromatic nitrogens is 2. The minimum absolute atomic E-state index is 0.0886. The molecule has 1 heterocycles. The number of rotatable bonds is 6. The largest absolute Gasteiger partial charge is 0.481 e. The number of hydrogen-bond acceptors (Lipinski definition) is 4. The molecular formula is C13H12Cl2N2O5. The second-order valence-corrected chi connectivity index (χ2v) is 5.54. The Kier molecular flexibility index (Phi) is 4.90. The maximum Gasteiger partial charge on any atom is 0.307 e. The zero-order valence-electron chi connectivity index (χ0n) is 11.1. The predicted molar refractivity (Wildman–Crippen MR) is 79.1 cm³/mol. The van der Waals surface area contributed by atoms with E-state index in [4.69, 9.17) is 33.4 Å². The Morgan fingerprint density at radius 3 is 2.55 bits per heavy atom. The van der Waals surface area contributed by atoms with Crippen LogP contribution < -0.4 is 0 Å². The van der Waals surface area contributed by atoms with Crippen molar-refractivity contribution >= 4 is 46.0 Å². The number of nitrogens with one attached hydrogen (secondary N) is 1. The highest BCUT2D eigenvalue weighted by molar-refractivity contribution is 6.39. The molecule has 0 saturated carbocycles. The molecule has 9 heteroatoms. The van der Waals surface area contributed by atoms with Gasteiger partial charge in [0.1, 0.15) is 10.7 Å². The third-order valence-corrected chi connectivity index (χ3v) is 3.90. The van der Waals surface area contributed by atoms with Crippen molar-refractivity contribution in [2.24, 2.45) is 5.92 Å². The van der Waals surface area contributed by atoms with Crippen LogP contribution in [0.3, 0.4) is 0 Å². The molecule has 0 saturated heterocycles. The molecule has 0 aliphatic rings. The van der Waals surface area contributed by atoms with Gasteiger partial charge in [0, 0.05) is 5.39 Å². The van der Waals surface area contributed by atoms with E-state index < -0.39 is 30.9 Å². The maximum atomic E-state index is 11.2. The third kappa shape index (κ3) is 3.16. The first-order valence-corrected chi connectivity index (χ1v) is 7.00. The number of H-pyrrole nitrogens is 1. The molecule has 1 atom stereocenters. The molecule has 1 aromatic heterocycles. The number of carboxylic acid groups (broad SMARTS) is 2. The van der Waals surface area contributed by atoms with Gasteiger partial charge in [-0.2, -0.15) is 5.10 Å². The fourth-order valence-corrected chi connectivity index (χ4v) is 2.84. The molecule has 0 fully saturated rings. The zero-order valence-corrected chi connectivity index (χ0v) is 12.6. The third-order valence-electron chi connectivity index (χ3n) is 3.33. The lowest BCUT2D eigenvalue weighted by molar-refractivity contribution is -0.148. The van der Waals surface area contributed by atoms with E-state index in [9.17, 15) is 14.7 Å². The summed E-state index contributed by atoms with van der Waals surface area (Å²) in [6.07, 6.45) is -0.621. The Bertz CT molecular complexity index is 744. The average molecular weight is 347 g/mol. The van der Waals surface area contributed by atoms with Gasteiger partial charge in [-0.1, -0.05) is 23.2 Å². The first-order valence-electron chi connectivity index (χ1n) is 6.24. The van der Waals surface area contributed by atoms with Crippen molar-refractivity contribution in [1.82, 2.24) is 10.2 Å². The van der Waals surface area contributed by atoms with Crippen LogP contribution in [-0.4, -0.2) is 37.5 Å². The van der Waals surface area contributed by atoms with Crippen molar-refractivity contribution in [1.29, 1.82) is 0 Å². The monoisotopic (exact) mass is 346 g/mol. The number of halogens is 2. The summed E-state index contributed by atoms with van der Waals surface area (Å²) in [5.41, 5.74) is 1.18. The normalized spacial score (nSPS) is 12.5. The molecule has 1 aromatic carbocycles. The number of aliphatic hydroxyl groups excluding tert-OH is 1. The van der Waals surface area contributed by atoms with Gasteiger partial charge in [-0.15, -0.1) is 0 Å². The highest BCUT2D eigenvalue weighted by Crippen LogP contribution is 2.34. The SMILES string of the molecule is O=C(O)CC(Cc1cc(Cl)c2n[nH]c(Cl)c2c1CO)C(=O)O. The molecule has 0 amide bonds. The lowest BCUT2D eigenvalue weighted by atomic mass is 9.92. The number of nitrogens with zero attached hydrogens (tertiary/aromatic N) is 1. The topological polar surface area (TPSA) is 124 Å². The van der Waals surface area contributed by atoms with Crippen LogP contribution in [0, 0.1) is 5.92 Å². The lowest BCUT2D eigenvalue weighted by Crippen LogP contribution is -2.21. The number of fused-ring (bicyclic) bond motifs is 1. The first-order chi connectivity index (χ1) is 10.3. The molecule has 0 spiro atoms. The summed E-state index contributed by atoms with van der Waals surface area (Å²) < 4.78 is 0. The summed E-state index contributed by atoms with van der Waals surface area (Å²) in [7, 11) is 0. The maximum absolute atomic E-state index is 11.2. The quantitative estimate of drug-likeness (QED) is 0.634. The summed E-state index contributed by atoms with van der Waals surface area (Å²) in [6, 6.07) is 1.48. The first kappa shape index (κ1) is 16.5. The number of carboxylic acids is 2. The van der Waals surface area contributed by atoms with Crippen molar-refractivity contribution < 1.29 is 24.9 Å². The van der Waals surface area contributed by atoms with Crippen molar-refractivity contribution in [3.63, 3.8) is 0 Å². The van der Waals surface area contributed by atoms with Crippen molar-refractivity contribution in [2.45, 2.75) is 19.4 Å². The number of aromatic amines is 1. The summed E-state index contributed by atoms with van der Waals surface area (Å²) in [6.45, 7) is -0.401. The summed E-state index contributed by atoms with van der Waals surface area (Å²) in [4.78, 5) is 22.0. The van der Waals surface area contributed by atoms with Crippen LogP contribution in [0.15, 0.2) is 6.07 Å². The second kappa shape index (κ2) is 6.51. The van der Waals surface area contributed by atoms with E-state index in [0.29, 0.717) is 22.0 Å². The Labute approximate surface area is 134 Å². The molecule has 4 N–H and O–H groups in total. The number of aliphatic hydroxyl groups is 1. The van der Waals surface area contributed by atoms with Gasteiger partial charge >= 0.3 is 11.9 Å². The molecule has 1 unspecified atom stereocenters. The molecule has 0 radical (unpaired) electrons. The molecule has 0 aliphatic carbocycles. The second-order valence-electron chi connectivity index (χ2n) is 4.75. The fourth-order valence-electron chi connectivity index (χ4n) is 2.32. The highest BCUT2D eigenvalue weighted by Gasteiger charge is 2.25. The van der Waals surface area contributed by atoms with Gasteiger partial charge in [0.05, 0.1) is 24.0 Å². The number of aliphatic carboxylic acids is 2. The summed E-state index contributed by atoms with van der Waals surface area (Å²) in [5, 5.41) is 34.8. The smallest absolute Gasteiger partial charge is 0.307 e. The average Bonchev–Trinajstić information content (AvgIpc) is 2.81. The van der Waals surface area contributed by atoms with Crippen molar-refractivity contribution in [3.05, 3.63) is 27.4 Å². The zero-order chi connectivity index (χ0) is 16.4. The molecule has 7 nitrogen and oxygen atoms in total. The van der Waals surface area contributed by atoms with E-state index in [1.165, 1.54) is 6.07 Å². The van der Waals surface area contributed by atoms with Gasteiger partial charge in [0.2, 0.25) is 0 Å². The van der Waals surface area contributed by atoms with E-state index in [2.05, 4.69) is 10.2 Å². The number of hydrogen-bond donors (Lipinski definition) is 4. The molecule has 2 aromatic rings. The Morgan fingerprint density at radius 1 is 1.32 bits per heavy atom. The molecule has 0 aliphatic heterocycles. The van der Waals surface area contributed by atoms with Crippen LogP contribution in [-0.2, 0) is 22.6 Å². The van der Waals surface area contributed by atoms with E-state index in [1.54, 1.807) is 0 Å². The minimum Gasteiger partial charge on any atom is -0.481 e. The van der Waals surface area contributed by atoms with Crippen LogP contribution in [0.4, 0.5) is 0 Å². The minimum atomic E-state index is -1.24. The molecule has 22 heavy (non-hydrogen) atoms. The van der Waals surface area contributed by atoms with Gasteiger partial charge < -0.3 is 15.3 Å². The fraction of sp³-hybridized carbons (Fsp3) is 0.308. The Hall–Kier alpha value is -1.83. The Balaban J connectivity index is 2.52. The van der Waals surface area contributed by atoms with Crippen LogP contribution in [0.5, 0.6) is 0 Å². The van der Waals surface area contributed by atoms with E-state index >= 15 is 0 Å². The highest BCUT2D eigenvalue weighted by atomic mass is 35.5. The van der Waals surface area contributed by atoms with Gasteiger partial charge in [0.25, 0.3) is 0 Å². The number of benzene rings is 1. The van der Waals surface area contributed by atoms with Crippen molar-refractivity contribution in [2.75, 3.05) is 0 Å². The van der Waals surface area contributed by atoms with E-state index in [-0.39, 0.29) is 16.6 Å². The molecule has 118 valence electrons. The van der Waals surface area contributed by atoms with Gasteiger partial charge in [-0.25, -0.2) is 0 Å². The van der Waals surface area contributed by atoms with E-state index in [0.717, 1.165) is 0 Å². The van der Waals surface area contributed by atoms with Gasteiger partial charge in [-0.05, 0) is 23.6 Å². The molecule has 0 bridgehead atoms.